The van der Waals surface area contributed by atoms with Crippen molar-refractivity contribution < 1.29 is 9.53 Å². The van der Waals surface area contributed by atoms with Crippen molar-refractivity contribution in [2.75, 3.05) is 37.6 Å². The molecule has 1 saturated carbocycles. The normalized spacial score (nSPS) is 19.8. The summed E-state index contributed by atoms with van der Waals surface area (Å²) in [5, 5.41) is 0. The summed E-state index contributed by atoms with van der Waals surface area (Å²) >= 11 is 0. The highest BCUT2D eigenvalue weighted by molar-refractivity contribution is 5.67. The molecule has 1 amide bonds. The molecule has 1 aliphatic heterocycles. The third-order valence-corrected chi connectivity index (χ3v) is 5.22. The molecule has 3 rings (SSSR count). The van der Waals surface area contributed by atoms with Gasteiger partial charge in [-0.1, -0.05) is 38.2 Å². The monoisotopic (exact) mass is 345 g/mol. The van der Waals surface area contributed by atoms with E-state index in [1.54, 1.807) is 6.07 Å². The number of rotatable bonds is 6. The van der Waals surface area contributed by atoms with Crippen molar-refractivity contribution in [1.29, 1.82) is 0 Å². The van der Waals surface area contributed by atoms with Gasteiger partial charge in [0.05, 0.1) is 0 Å². The Labute approximate surface area is 150 Å². The summed E-state index contributed by atoms with van der Waals surface area (Å²) in [5.41, 5.74) is 5.05. The van der Waals surface area contributed by atoms with E-state index in [-0.39, 0.29) is 5.88 Å². The highest BCUT2D eigenvalue weighted by Crippen LogP contribution is 2.27. The first-order chi connectivity index (χ1) is 12.2. The smallest absolute Gasteiger partial charge is 0.391 e. The lowest BCUT2D eigenvalue weighted by Gasteiger charge is -2.35. The largest absolute Gasteiger partial charge is 0.411 e. The van der Waals surface area contributed by atoms with E-state index in [0.29, 0.717) is 0 Å². The lowest BCUT2D eigenvalue weighted by molar-refractivity contribution is 0.209. The van der Waals surface area contributed by atoms with Crippen molar-refractivity contribution in [3.63, 3.8) is 0 Å². The number of nitrogens with two attached hydrogens (primary N) is 1. The van der Waals surface area contributed by atoms with Gasteiger partial charge in [-0.3, -0.25) is 4.90 Å². The molecule has 0 atom stereocenters. The molecule has 0 spiro atoms. The number of nitrogens with zero attached hydrogens (tertiary/aromatic N) is 3. The van der Waals surface area contributed by atoms with Gasteiger partial charge in [-0.2, -0.15) is 4.98 Å². The Bertz CT molecular complexity index is 552. The number of aromatic nitrogens is 1. The van der Waals surface area contributed by atoms with E-state index in [2.05, 4.69) is 21.2 Å². The van der Waals surface area contributed by atoms with Gasteiger partial charge in [0.1, 0.15) is 5.82 Å². The van der Waals surface area contributed by atoms with Crippen LogP contribution < -0.4 is 15.4 Å². The average molecular weight is 345 g/mol. The minimum Gasteiger partial charge on any atom is -0.391 e. The van der Waals surface area contributed by atoms with E-state index in [4.69, 9.17) is 10.5 Å². The number of amides is 1. The van der Waals surface area contributed by atoms with E-state index in [1.165, 1.54) is 38.5 Å². The molecule has 6 heteroatoms. The summed E-state index contributed by atoms with van der Waals surface area (Å²) < 4.78 is 4.86. The lowest BCUT2D eigenvalue weighted by atomic mass is 9.86. The molecule has 1 aromatic heterocycles. The third-order valence-electron chi connectivity index (χ3n) is 5.22. The van der Waals surface area contributed by atoms with Gasteiger partial charge in [-0.05, 0) is 24.8 Å². The summed E-state index contributed by atoms with van der Waals surface area (Å²) in [5.74, 6) is 2.02. The number of carbonyl (C=O) groups is 1. The molecule has 2 N–H and O–H groups in total. The van der Waals surface area contributed by atoms with Gasteiger partial charge in [0, 0.05) is 38.8 Å². The highest BCUT2D eigenvalue weighted by Gasteiger charge is 2.19. The summed E-state index contributed by atoms with van der Waals surface area (Å²) in [6, 6.07) is 5.42. The molecule has 25 heavy (non-hydrogen) atoms. The van der Waals surface area contributed by atoms with Gasteiger partial charge < -0.3 is 15.4 Å². The van der Waals surface area contributed by atoms with Gasteiger partial charge in [0.25, 0.3) is 0 Å². The van der Waals surface area contributed by atoms with Gasteiger partial charge in [-0.15, -0.1) is 0 Å². The van der Waals surface area contributed by atoms with Gasteiger partial charge >= 0.3 is 6.09 Å². The van der Waals surface area contributed by atoms with Crippen LogP contribution in [0.3, 0.4) is 0 Å². The Hall–Kier alpha value is -1.82. The molecule has 2 fully saturated rings. The lowest BCUT2D eigenvalue weighted by Crippen LogP contribution is -2.47. The fourth-order valence-corrected chi connectivity index (χ4v) is 3.82. The molecule has 0 aromatic carbocycles. The van der Waals surface area contributed by atoms with Crippen molar-refractivity contribution in [1.82, 2.24) is 9.88 Å². The Morgan fingerprint density at radius 2 is 1.96 bits per heavy atom. The van der Waals surface area contributed by atoms with Crippen LogP contribution in [0.2, 0.25) is 0 Å². The first-order valence-corrected chi connectivity index (χ1v) is 9.44. The Kier molecular flexibility index (Phi) is 6.50. The fourth-order valence-electron chi connectivity index (χ4n) is 3.82. The average Bonchev–Trinajstić information content (AvgIpc) is 2.63. The maximum Gasteiger partial charge on any atom is 0.411 e. The summed E-state index contributed by atoms with van der Waals surface area (Å²) in [4.78, 5) is 19.9. The predicted octanol–water partition coefficient (Wildman–Crippen LogP) is 2.84. The third kappa shape index (κ3) is 5.59. The SMILES string of the molecule is NC(=O)Oc1cccc(N2CCN(C[CH]CC3CCCCC3)CC2)n1. The Balaban J connectivity index is 1.40. The van der Waals surface area contributed by atoms with Crippen LogP contribution in [0.1, 0.15) is 38.5 Å². The standard InChI is InChI=1S/C19H29N4O2/c20-19(24)25-18-10-4-9-17(21-18)23-14-12-22(13-15-23)11-5-8-16-6-2-1-3-7-16/h4-5,9-10,16H,1-3,6-8,11-15H2,(H2,20,24). The van der Waals surface area contributed by atoms with E-state index in [9.17, 15) is 4.79 Å². The Morgan fingerprint density at radius 1 is 1.20 bits per heavy atom. The minimum atomic E-state index is -0.831. The number of carbonyl (C=O) groups excluding carboxylic acids is 1. The number of hydrogen-bond donors (Lipinski definition) is 1. The van der Waals surface area contributed by atoms with Gasteiger partial charge in [-0.25, -0.2) is 4.79 Å². The van der Waals surface area contributed by atoms with Crippen molar-refractivity contribution in [3.8, 4) is 5.88 Å². The number of ether oxygens (including phenoxy) is 1. The van der Waals surface area contributed by atoms with Crippen LogP contribution in [0.4, 0.5) is 10.6 Å². The van der Waals surface area contributed by atoms with Crippen molar-refractivity contribution >= 4 is 11.9 Å². The second-order valence-electron chi connectivity index (χ2n) is 7.07. The van der Waals surface area contributed by atoms with E-state index in [0.717, 1.165) is 44.5 Å². The zero-order chi connectivity index (χ0) is 17.5. The van der Waals surface area contributed by atoms with Crippen LogP contribution in [-0.4, -0.2) is 48.7 Å². The van der Waals surface area contributed by atoms with E-state index >= 15 is 0 Å². The molecule has 1 saturated heterocycles. The Morgan fingerprint density at radius 3 is 2.68 bits per heavy atom. The first-order valence-electron chi connectivity index (χ1n) is 9.44. The molecule has 0 unspecified atom stereocenters. The van der Waals surface area contributed by atoms with Crippen LogP contribution in [0.15, 0.2) is 18.2 Å². The number of anilines is 1. The van der Waals surface area contributed by atoms with E-state index < -0.39 is 6.09 Å². The molecule has 2 aliphatic rings. The maximum absolute atomic E-state index is 10.9. The second kappa shape index (κ2) is 9.04. The summed E-state index contributed by atoms with van der Waals surface area (Å²) in [6.45, 7) is 5.02. The highest BCUT2D eigenvalue weighted by atomic mass is 16.6. The quantitative estimate of drug-likeness (QED) is 0.858. The topological polar surface area (TPSA) is 71.7 Å². The molecular formula is C19H29N4O2. The number of pyridine rings is 1. The van der Waals surface area contributed by atoms with Gasteiger partial charge in [0.2, 0.25) is 5.88 Å². The number of hydrogen-bond acceptors (Lipinski definition) is 5. The number of primary amides is 1. The van der Waals surface area contributed by atoms with Crippen molar-refractivity contribution in [2.24, 2.45) is 11.7 Å². The summed E-state index contributed by atoms with van der Waals surface area (Å²) in [7, 11) is 0. The van der Waals surface area contributed by atoms with Crippen LogP contribution in [-0.2, 0) is 0 Å². The molecular weight excluding hydrogens is 316 g/mol. The molecule has 137 valence electrons. The molecule has 1 aromatic rings. The van der Waals surface area contributed by atoms with Crippen LogP contribution >= 0.6 is 0 Å². The number of piperazine rings is 1. The zero-order valence-corrected chi connectivity index (χ0v) is 14.9. The van der Waals surface area contributed by atoms with Gasteiger partial charge in [0.15, 0.2) is 0 Å². The first kappa shape index (κ1) is 18.0. The predicted molar refractivity (Wildman–Crippen MR) is 98.6 cm³/mol. The molecule has 2 heterocycles. The second-order valence-corrected chi connectivity index (χ2v) is 7.07. The molecule has 1 aliphatic carbocycles. The minimum absolute atomic E-state index is 0.258. The molecule has 0 bridgehead atoms. The van der Waals surface area contributed by atoms with E-state index in [1.807, 2.05) is 12.1 Å². The van der Waals surface area contributed by atoms with Crippen LogP contribution in [0.25, 0.3) is 0 Å². The zero-order valence-electron chi connectivity index (χ0n) is 14.9. The van der Waals surface area contributed by atoms with Crippen LogP contribution in [0.5, 0.6) is 5.88 Å². The fraction of sp³-hybridized carbons (Fsp3) is 0.632. The molecule has 6 nitrogen and oxygen atoms in total. The van der Waals surface area contributed by atoms with Crippen LogP contribution in [0, 0.1) is 12.3 Å². The summed E-state index contributed by atoms with van der Waals surface area (Å²) in [6.07, 6.45) is 10.0. The maximum atomic E-state index is 10.9. The van der Waals surface area contributed by atoms with Crippen molar-refractivity contribution in [2.45, 2.75) is 38.5 Å². The van der Waals surface area contributed by atoms with Crippen molar-refractivity contribution in [3.05, 3.63) is 24.6 Å². The molecule has 1 radical (unpaired) electrons.